The number of anilines is 1. The number of benzene rings is 5. The lowest BCUT2D eigenvalue weighted by Gasteiger charge is -2.28. The fourth-order valence-electron chi connectivity index (χ4n) is 13.0. The molecule has 710 valence electrons. The summed E-state index contributed by atoms with van der Waals surface area (Å²) in [6.45, 7) is 57.0. The van der Waals surface area contributed by atoms with Gasteiger partial charge in [-0.2, -0.15) is 19.9 Å². The van der Waals surface area contributed by atoms with E-state index in [0.29, 0.717) is 64.0 Å². The fourth-order valence-corrected chi connectivity index (χ4v) is 13.0. The maximum Gasteiger partial charge on any atom is 0.348 e. The van der Waals surface area contributed by atoms with Crippen molar-refractivity contribution in [3.8, 4) is 11.6 Å². The van der Waals surface area contributed by atoms with E-state index < -0.39 is 5.41 Å². The van der Waals surface area contributed by atoms with E-state index in [1.165, 1.54) is 6.33 Å². The van der Waals surface area contributed by atoms with Crippen molar-refractivity contribution in [2.24, 2.45) is 10.4 Å². The molecule has 5 aromatic carbocycles. The maximum atomic E-state index is 12.6. The van der Waals surface area contributed by atoms with Crippen LogP contribution in [0.2, 0.25) is 0 Å². The van der Waals surface area contributed by atoms with Crippen LogP contribution in [0.4, 0.5) is 21.4 Å². The number of ketones is 1. The summed E-state index contributed by atoms with van der Waals surface area (Å²) >= 11 is 0. The number of nitrogens with one attached hydrogen (secondary N) is 4. The molecule has 0 unspecified atom stereocenters. The smallest absolute Gasteiger partial charge is 0.348 e. The van der Waals surface area contributed by atoms with Crippen LogP contribution in [-0.4, -0.2) is 126 Å². The first-order chi connectivity index (χ1) is 63.1. The summed E-state index contributed by atoms with van der Waals surface area (Å²) in [5, 5.41) is 11.0. The van der Waals surface area contributed by atoms with E-state index in [2.05, 4.69) is 132 Å². The molecule has 135 heavy (non-hydrogen) atoms. The number of nitrogens with zero attached hydrogens (tertiary/aromatic N) is 17. The van der Waals surface area contributed by atoms with Crippen LogP contribution < -0.4 is 42.1 Å². The minimum atomic E-state index is -0.590. The molecule has 0 saturated carbocycles. The third kappa shape index (κ3) is 30.4. The van der Waals surface area contributed by atoms with E-state index in [1.807, 2.05) is 249 Å². The molecule has 0 saturated heterocycles. The third-order valence-corrected chi connectivity index (χ3v) is 20.7. The Hall–Kier alpha value is -15.2. The summed E-state index contributed by atoms with van der Waals surface area (Å²) in [6, 6.07) is 48.8. The van der Waals surface area contributed by atoms with Gasteiger partial charge in [-0.3, -0.25) is 38.6 Å². The minimum absolute atomic E-state index is 0. The molecular formula is C105H131N21O9. The van der Waals surface area contributed by atoms with Gasteiger partial charge >= 0.3 is 29.4 Å². The molecule has 0 aliphatic carbocycles. The van der Waals surface area contributed by atoms with Crippen molar-refractivity contribution in [2.75, 3.05) is 5.32 Å². The zero-order valence-corrected chi connectivity index (χ0v) is 79.6. The number of rotatable bonds is 23. The number of carbonyl (C=O) groups is 5. The Morgan fingerprint density at radius 2 is 1.02 bits per heavy atom. The van der Waals surface area contributed by atoms with Crippen molar-refractivity contribution < 1.29 is 33.4 Å². The number of urea groups is 2. The first-order valence-corrected chi connectivity index (χ1v) is 44.0. The van der Waals surface area contributed by atoms with E-state index in [9.17, 15) is 33.6 Å². The first-order valence-electron chi connectivity index (χ1n) is 44.0. The summed E-state index contributed by atoms with van der Waals surface area (Å²) in [5.41, 5.74) is 15.4. The third-order valence-electron chi connectivity index (χ3n) is 20.7. The predicted molar refractivity (Wildman–Crippen MR) is 540 cm³/mol. The number of esters is 1. The molecule has 5 amide bonds. The fraction of sp³-hybridized carbons (Fsp3) is 0.324. The largest absolute Gasteiger partial charge is 0.471 e. The Kier molecular flexibility index (Phi) is 39.4. The van der Waals surface area contributed by atoms with Crippen molar-refractivity contribution in [1.29, 1.82) is 0 Å². The van der Waals surface area contributed by atoms with E-state index in [0.717, 1.165) is 78.8 Å². The Bertz CT molecular complexity index is 6330. The van der Waals surface area contributed by atoms with Gasteiger partial charge in [0.2, 0.25) is 17.7 Å². The highest BCUT2D eigenvalue weighted by Crippen LogP contribution is 2.31. The second-order valence-electron chi connectivity index (χ2n) is 34.7. The highest BCUT2D eigenvalue weighted by Gasteiger charge is 2.26. The van der Waals surface area contributed by atoms with Crippen molar-refractivity contribution in [1.82, 2.24) is 93.4 Å². The number of carbonyl (C=O) groups excluding carboxylic acids is 5. The Morgan fingerprint density at radius 1 is 0.496 bits per heavy atom. The van der Waals surface area contributed by atoms with Crippen molar-refractivity contribution in [3.05, 3.63) is 335 Å². The molecule has 0 fully saturated rings. The lowest BCUT2D eigenvalue weighted by Crippen LogP contribution is -2.43. The number of hydrogen-bond acceptors (Lipinski definition) is 20. The van der Waals surface area contributed by atoms with Crippen LogP contribution in [0.5, 0.6) is 11.6 Å². The summed E-state index contributed by atoms with van der Waals surface area (Å²) < 4.78 is 20.6. The number of allylic oxidation sites excluding steroid dienone is 4. The summed E-state index contributed by atoms with van der Waals surface area (Å²) in [5.74, 6) is 1.27. The van der Waals surface area contributed by atoms with Gasteiger partial charge in [-0.05, 0) is 200 Å². The molecule has 0 atom stereocenters. The zero-order valence-electron chi connectivity index (χ0n) is 79.6. The number of fused-ring (bicyclic) bond motifs is 3. The lowest BCUT2D eigenvalue weighted by molar-refractivity contribution is -0.143. The standard InChI is InChI=1S/C28H31N5O4.C17H20N2O.C16H16N4O.C16H18N2O.C9H12N4.C9H14N2O.C8H12N2O.2CH4/c1-18(2)33-17-29-23-24(33)31-27(30-22(34)15-19-9-7-6-8-10-19)32-25(23)36-16-20-11-13-21(14-12-20)37-26(35)28(3,4)5;1-12(2)19-11-14(4)16(18-17(19)20)10-13(3)15-8-6-5-7-9-15;1-11(2)20-10-19-15-13(17-9-18-16(15)20)8-14(21)12-6-4-3-5-7-12;1-12(2)18-10-9-15(17-16(18)19)11-13(3)14-7-5-4-6-8-14;1-6(2)13-5-12-8-7(3)10-4-11-9(8)13;1-6(2)11-5-7(3)8(4)10-9(11)12;1-6(2)10-5-4-7(3)9-8(10)11;;/h6-14,17-18H,15-16H2,1-5H3,(H,30,31,32,34);5-9,11-12H,3,10H2,1-2,4H3;3-7,9-11H,8H2,1-2H3;4-10,12H,3,11H2,1-2H3;4-6H,3H2,1-2H3,(H,10,11);5-6H,4H2,1-3H3,(H,10,12);4-6H,3H2,1-2H3,(H,9,11);2*1H4. The Labute approximate surface area is 792 Å². The number of hydrogen-bond donors (Lipinski definition) is 4. The van der Waals surface area contributed by atoms with Gasteiger partial charge in [0.1, 0.15) is 29.9 Å². The summed E-state index contributed by atoms with van der Waals surface area (Å²) in [6.07, 6.45) is 19.0. The molecule has 7 aromatic heterocycles. The topological polar surface area (TPSA) is 346 Å². The number of aryl methyl sites for hydroxylation is 1. The molecule has 4 N–H and O–H groups in total. The number of Topliss-reactive ketones (excluding diaryl/α,β-unsaturated/α-hetero) is 1. The van der Waals surface area contributed by atoms with Gasteiger partial charge < -0.3 is 39.1 Å². The predicted octanol–water partition coefficient (Wildman–Crippen LogP) is 20.7. The number of ether oxygens (including phenoxy) is 2. The van der Waals surface area contributed by atoms with Crippen molar-refractivity contribution >= 4 is 87.0 Å². The molecule has 12 aromatic rings. The molecule has 0 bridgehead atoms. The maximum absolute atomic E-state index is 12.6. The van der Waals surface area contributed by atoms with Crippen molar-refractivity contribution in [3.63, 3.8) is 0 Å². The molecule has 10 heterocycles. The minimum Gasteiger partial charge on any atom is -0.471 e. The van der Waals surface area contributed by atoms with E-state index in [-0.39, 0.29) is 123 Å². The second-order valence-corrected chi connectivity index (χ2v) is 34.7. The van der Waals surface area contributed by atoms with Crippen LogP contribution in [0.3, 0.4) is 0 Å². The molecule has 30 heteroatoms. The second kappa shape index (κ2) is 49.9. The van der Waals surface area contributed by atoms with Crippen LogP contribution in [0.25, 0.3) is 39.2 Å². The van der Waals surface area contributed by atoms with Gasteiger partial charge in [0.15, 0.2) is 28.4 Å². The van der Waals surface area contributed by atoms with E-state index in [4.69, 9.17) is 9.47 Å². The van der Waals surface area contributed by atoms with E-state index in [1.54, 1.807) is 95.6 Å². The molecule has 3 aliphatic rings. The molecule has 0 spiro atoms. The van der Waals surface area contributed by atoms with Crippen LogP contribution in [0.15, 0.2) is 272 Å². The average molecular weight is 1830 g/mol. The molecule has 3 aliphatic heterocycles. The van der Waals surface area contributed by atoms with Crippen LogP contribution >= 0.6 is 0 Å². The van der Waals surface area contributed by atoms with Crippen molar-refractivity contribution in [2.45, 2.75) is 221 Å². The SMILES string of the molecule is C.C.C=C(Cc1ccn(C(C)C)c(=O)n1)c1ccccc1.C=C(Cc1nc(=O)n(C(C)C)cc1C)c1ccccc1.C=C1C=CN(C(C)C)C(=O)N1.C=C1NC(=O)N(C(C)C)C=C1C.C=C1NC=Nc2c1ncn2C(C)C.CC(C)n1cnc2c(CC(=O)c3ccccc3)ncnc21.CC(C)n1cnc2c(OCc3ccc(OC(=O)C(C)(C)C)cc3)nc(NC(=O)Cc3ccccc3)nc21. The van der Waals surface area contributed by atoms with Crippen LogP contribution in [0.1, 0.15) is 231 Å². The van der Waals surface area contributed by atoms with Gasteiger partial charge in [0, 0.05) is 96.9 Å². The summed E-state index contributed by atoms with van der Waals surface area (Å²) in [4.78, 5) is 130. The van der Waals surface area contributed by atoms with Gasteiger partial charge in [-0.15, -0.1) is 0 Å². The molecule has 30 nitrogen and oxygen atoms in total. The Balaban J connectivity index is 0.000000223. The number of aliphatic imine (C=N–C) groups is 1. The highest BCUT2D eigenvalue weighted by atomic mass is 16.5. The molecule has 0 radical (unpaired) electrons. The Morgan fingerprint density at radius 3 is 1.57 bits per heavy atom. The zero-order chi connectivity index (χ0) is 97.1. The number of amides is 5. The van der Waals surface area contributed by atoms with Gasteiger partial charge in [-0.1, -0.05) is 181 Å². The van der Waals surface area contributed by atoms with Gasteiger partial charge in [0.05, 0.1) is 66.4 Å². The van der Waals surface area contributed by atoms with Gasteiger partial charge in [0.25, 0.3) is 0 Å². The van der Waals surface area contributed by atoms with Crippen LogP contribution in [-0.2, 0) is 41.9 Å². The number of aromatic nitrogens is 14. The molecular weight excluding hydrogens is 1700 g/mol. The van der Waals surface area contributed by atoms with Crippen LogP contribution in [0, 0.1) is 12.3 Å². The number of imidazole rings is 3. The quantitative estimate of drug-likeness (QED) is 0.0262. The highest BCUT2D eigenvalue weighted by molar-refractivity contribution is 5.99. The monoisotopic (exact) mass is 1830 g/mol. The van der Waals surface area contributed by atoms with E-state index >= 15 is 0 Å². The lowest BCUT2D eigenvalue weighted by atomic mass is 9.97. The average Bonchev–Trinajstić information content (AvgIpc) is 1.66. The van der Waals surface area contributed by atoms with Gasteiger partial charge in [-0.25, -0.2) is 49.1 Å². The normalized spacial score (nSPS) is 12.4. The molecule has 15 rings (SSSR count). The summed E-state index contributed by atoms with van der Waals surface area (Å²) in [7, 11) is 0. The first kappa shape index (κ1) is 107.